The molecule has 1 heterocycles. The van der Waals surface area contributed by atoms with Crippen molar-refractivity contribution in [3.05, 3.63) is 88.4 Å². The Labute approximate surface area is 183 Å². The van der Waals surface area contributed by atoms with E-state index in [4.69, 9.17) is 27.9 Å². The molecule has 3 aromatic rings. The van der Waals surface area contributed by atoms with Crippen molar-refractivity contribution in [1.29, 1.82) is 0 Å². The first-order chi connectivity index (χ1) is 14.1. The molecule has 0 aliphatic carbocycles. The molecule has 148 valence electrons. The first kappa shape index (κ1) is 20.0. The second-order valence-corrected chi connectivity index (χ2v) is 8.49. The minimum atomic E-state index is -0.196. The van der Waals surface area contributed by atoms with Gasteiger partial charge in [-0.05, 0) is 48.0 Å². The first-order valence-electron chi connectivity index (χ1n) is 9.07. The number of ether oxygens (including phenoxy) is 1. The lowest BCUT2D eigenvalue weighted by atomic mass is 10.2. The molecule has 4 rings (SSSR count). The molecule has 0 radical (unpaired) electrons. The highest BCUT2D eigenvalue weighted by atomic mass is 35.5. The molecular weight excluding hydrogens is 427 g/mol. The zero-order valence-corrected chi connectivity index (χ0v) is 17.7. The van der Waals surface area contributed by atoms with E-state index in [0.29, 0.717) is 22.3 Å². The standard InChI is InChI=1S/C22H18Cl2N2O2S/c23-16-9-10-20(19(24)14-16)25-22(27)26-11-12-29-21(26)15-5-4-8-18(13-15)28-17-6-2-1-3-7-17/h1-10,13-14,21H,11-12H2,(H,25,27). The molecule has 1 aliphatic rings. The van der Waals surface area contributed by atoms with Crippen molar-refractivity contribution >= 4 is 46.7 Å². The first-order valence-corrected chi connectivity index (χ1v) is 10.9. The molecule has 3 aromatic carbocycles. The molecule has 4 nitrogen and oxygen atoms in total. The Bertz CT molecular complexity index is 1020. The van der Waals surface area contributed by atoms with Crippen molar-refractivity contribution in [3.63, 3.8) is 0 Å². The summed E-state index contributed by atoms with van der Waals surface area (Å²) in [6.45, 7) is 0.649. The summed E-state index contributed by atoms with van der Waals surface area (Å²) >= 11 is 13.8. The minimum absolute atomic E-state index is 0.0969. The van der Waals surface area contributed by atoms with E-state index in [9.17, 15) is 4.79 Å². The van der Waals surface area contributed by atoms with Gasteiger partial charge in [-0.25, -0.2) is 4.79 Å². The van der Waals surface area contributed by atoms with E-state index >= 15 is 0 Å². The van der Waals surface area contributed by atoms with E-state index in [0.717, 1.165) is 22.8 Å². The van der Waals surface area contributed by atoms with Crippen molar-refractivity contribution in [3.8, 4) is 11.5 Å². The number of nitrogens with one attached hydrogen (secondary N) is 1. The van der Waals surface area contributed by atoms with Gasteiger partial charge in [-0.1, -0.05) is 53.5 Å². The molecule has 7 heteroatoms. The number of amides is 2. The predicted octanol–water partition coefficient (Wildman–Crippen LogP) is 7.07. The molecule has 29 heavy (non-hydrogen) atoms. The van der Waals surface area contributed by atoms with Crippen LogP contribution in [0.25, 0.3) is 0 Å². The molecule has 1 N–H and O–H groups in total. The van der Waals surface area contributed by atoms with Crippen LogP contribution in [0.15, 0.2) is 72.8 Å². The second kappa shape index (κ2) is 8.99. The Morgan fingerprint density at radius 2 is 1.79 bits per heavy atom. The molecule has 1 atom stereocenters. The average molecular weight is 445 g/mol. The minimum Gasteiger partial charge on any atom is -0.457 e. The predicted molar refractivity (Wildman–Crippen MR) is 120 cm³/mol. The topological polar surface area (TPSA) is 41.6 Å². The summed E-state index contributed by atoms with van der Waals surface area (Å²) in [6, 6.07) is 22.3. The maximum Gasteiger partial charge on any atom is 0.323 e. The van der Waals surface area contributed by atoms with Gasteiger partial charge in [0.1, 0.15) is 16.9 Å². The highest BCUT2D eigenvalue weighted by Gasteiger charge is 2.31. The summed E-state index contributed by atoms with van der Waals surface area (Å²) in [6.07, 6.45) is 0. The molecule has 1 saturated heterocycles. The summed E-state index contributed by atoms with van der Waals surface area (Å²) in [4.78, 5) is 14.7. The Morgan fingerprint density at radius 1 is 1.00 bits per heavy atom. The van der Waals surface area contributed by atoms with Crippen LogP contribution in [0.1, 0.15) is 10.9 Å². The van der Waals surface area contributed by atoms with Gasteiger partial charge in [0, 0.05) is 17.3 Å². The van der Waals surface area contributed by atoms with Crippen LogP contribution >= 0.6 is 35.0 Å². The SMILES string of the molecule is O=C(Nc1ccc(Cl)cc1Cl)N1CCSC1c1cccc(Oc2ccccc2)c1. The monoisotopic (exact) mass is 444 g/mol. The van der Waals surface area contributed by atoms with Crippen LogP contribution in [-0.4, -0.2) is 23.2 Å². The van der Waals surface area contributed by atoms with E-state index < -0.39 is 0 Å². The van der Waals surface area contributed by atoms with Crippen LogP contribution in [0.3, 0.4) is 0 Å². The van der Waals surface area contributed by atoms with Crippen LogP contribution in [0.4, 0.5) is 10.5 Å². The Morgan fingerprint density at radius 3 is 2.59 bits per heavy atom. The lowest BCUT2D eigenvalue weighted by Crippen LogP contribution is -2.34. The Hall–Kier alpha value is -2.34. The number of carbonyl (C=O) groups is 1. The molecular formula is C22H18Cl2N2O2S. The van der Waals surface area contributed by atoms with E-state index in [1.165, 1.54) is 0 Å². The number of para-hydroxylation sites is 1. The average Bonchev–Trinajstić information content (AvgIpc) is 3.21. The molecule has 0 saturated carbocycles. The van der Waals surface area contributed by atoms with Crippen LogP contribution in [0, 0.1) is 0 Å². The normalized spacial score (nSPS) is 15.9. The fourth-order valence-electron chi connectivity index (χ4n) is 3.09. The maximum atomic E-state index is 12.9. The zero-order valence-electron chi connectivity index (χ0n) is 15.3. The van der Waals surface area contributed by atoms with E-state index in [2.05, 4.69) is 5.32 Å². The van der Waals surface area contributed by atoms with Gasteiger partial charge in [0.25, 0.3) is 0 Å². The van der Waals surface area contributed by atoms with Crippen molar-refractivity contribution in [2.24, 2.45) is 0 Å². The molecule has 0 aromatic heterocycles. The van der Waals surface area contributed by atoms with Crippen LogP contribution in [0.5, 0.6) is 11.5 Å². The number of thioether (sulfide) groups is 1. The largest absolute Gasteiger partial charge is 0.457 e. The van der Waals surface area contributed by atoms with Crippen molar-refractivity contribution < 1.29 is 9.53 Å². The number of nitrogens with zero attached hydrogens (tertiary/aromatic N) is 1. The quantitative estimate of drug-likeness (QED) is 0.467. The fourth-order valence-corrected chi connectivity index (χ4v) is 4.79. The van der Waals surface area contributed by atoms with Crippen molar-refractivity contribution in [2.45, 2.75) is 5.37 Å². The Kier molecular flexibility index (Phi) is 6.19. The van der Waals surface area contributed by atoms with Crippen LogP contribution in [-0.2, 0) is 0 Å². The Balaban J connectivity index is 1.50. The highest BCUT2D eigenvalue weighted by Crippen LogP contribution is 2.40. The number of benzene rings is 3. The third-order valence-corrected chi connectivity index (χ3v) is 6.26. The summed E-state index contributed by atoms with van der Waals surface area (Å²) in [5, 5.41) is 3.72. The summed E-state index contributed by atoms with van der Waals surface area (Å²) < 4.78 is 5.94. The van der Waals surface area contributed by atoms with Gasteiger partial charge < -0.3 is 15.0 Å². The second-order valence-electron chi connectivity index (χ2n) is 6.46. The summed E-state index contributed by atoms with van der Waals surface area (Å²) in [5.74, 6) is 2.37. The molecule has 0 spiro atoms. The lowest BCUT2D eigenvalue weighted by molar-refractivity contribution is 0.214. The zero-order chi connectivity index (χ0) is 20.2. The number of hydrogen-bond acceptors (Lipinski definition) is 3. The smallest absolute Gasteiger partial charge is 0.323 e. The molecule has 1 aliphatic heterocycles. The molecule has 0 bridgehead atoms. The number of halogens is 2. The highest BCUT2D eigenvalue weighted by molar-refractivity contribution is 7.99. The molecule has 1 unspecified atom stereocenters. The maximum absolute atomic E-state index is 12.9. The van der Waals surface area contributed by atoms with Gasteiger partial charge in [0.05, 0.1) is 10.7 Å². The lowest BCUT2D eigenvalue weighted by Gasteiger charge is -2.25. The number of carbonyl (C=O) groups excluding carboxylic acids is 1. The molecule has 1 fully saturated rings. The van der Waals surface area contributed by atoms with E-state index in [-0.39, 0.29) is 11.4 Å². The summed E-state index contributed by atoms with van der Waals surface area (Å²) in [7, 11) is 0. The van der Waals surface area contributed by atoms with Gasteiger partial charge in [-0.3, -0.25) is 0 Å². The number of anilines is 1. The third-order valence-electron chi connectivity index (χ3n) is 4.45. The summed E-state index contributed by atoms with van der Waals surface area (Å²) in [5.41, 5.74) is 1.55. The van der Waals surface area contributed by atoms with Crippen molar-refractivity contribution in [1.82, 2.24) is 4.90 Å². The van der Waals surface area contributed by atoms with E-state index in [1.54, 1.807) is 34.9 Å². The number of hydrogen-bond donors (Lipinski definition) is 1. The van der Waals surface area contributed by atoms with Crippen molar-refractivity contribution in [2.75, 3.05) is 17.6 Å². The van der Waals surface area contributed by atoms with Crippen LogP contribution < -0.4 is 10.1 Å². The number of rotatable bonds is 4. The third kappa shape index (κ3) is 4.81. The van der Waals surface area contributed by atoms with Gasteiger partial charge in [0.15, 0.2) is 0 Å². The molecule has 2 amide bonds. The fraction of sp³-hybridized carbons (Fsp3) is 0.136. The van der Waals surface area contributed by atoms with Gasteiger partial charge >= 0.3 is 6.03 Å². The van der Waals surface area contributed by atoms with Gasteiger partial charge in [-0.2, -0.15) is 0 Å². The van der Waals surface area contributed by atoms with Gasteiger partial charge in [-0.15, -0.1) is 11.8 Å². The van der Waals surface area contributed by atoms with Crippen LogP contribution in [0.2, 0.25) is 10.0 Å². The number of urea groups is 1. The van der Waals surface area contributed by atoms with E-state index in [1.807, 2.05) is 54.6 Å². The van der Waals surface area contributed by atoms with Gasteiger partial charge in [0.2, 0.25) is 0 Å².